The fourth-order valence-electron chi connectivity index (χ4n) is 10.6. The van der Waals surface area contributed by atoms with E-state index < -0.39 is 0 Å². The SMILES string of the molecule is CCCCCCc1ccc(N(c2cc(N(c3ccc(CCCCCC)cn3)c3ccc(CCCCCC)cn3)nc(N(c3ccc(CCCCCC)cn3)c3ccc(CCCCCC)cn3)c2)c2ccc(CCCCCC)cn2)nc1. The Labute approximate surface area is 489 Å². The normalized spacial score (nSPS) is 11.3. The van der Waals surface area contributed by atoms with Gasteiger partial charge in [0, 0.05) is 49.3 Å². The van der Waals surface area contributed by atoms with E-state index in [1.807, 2.05) is 24.8 Å². The van der Waals surface area contributed by atoms with Gasteiger partial charge < -0.3 is 0 Å². The van der Waals surface area contributed by atoms with Crippen molar-refractivity contribution in [1.29, 1.82) is 0 Å². The lowest BCUT2D eigenvalue weighted by Crippen LogP contribution is -2.21. The molecule has 7 aromatic rings. The Balaban J connectivity index is 1.44. The maximum atomic E-state index is 5.73. The third-order valence-electron chi connectivity index (χ3n) is 15.6. The molecule has 0 spiro atoms. The van der Waals surface area contributed by atoms with E-state index in [9.17, 15) is 0 Å². The van der Waals surface area contributed by atoms with Crippen LogP contribution in [-0.2, 0) is 38.5 Å². The summed E-state index contributed by atoms with van der Waals surface area (Å²) in [5.74, 6) is 5.75. The van der Waals surface area contributed by atoms with Crippen molar-refractivity contribution in [3.05, 3.63) is 155 Å². The van der Waals surface area contributed by atoms with E-state index in [2.05, 4.69) is 154 Å². The van der Waals surface area contributed by atoms with Crippen LogP contribution < -0.4 is 14.7 Å². The molecule has 0 atom stereocenters. The van der Waals surface area contributed by atoms with Gasteiger partial charge in [-0.1, -0.05) is 194 Å². The van der Waals surface area contributed by atoms with E-state index >= 15 is 0 Å². The van der Waals surface area contributed by atoms with Gasteiger partial charge in [0.2, 0.25) is 0 Å². The van der Waals surface area contributed by atoms with E-state index in [0.717, 1.165) is 118 Å². The number of aryl methyl sites for hydroxylation is 6. The lowest BCUT2D eigenvalue weighted by Gasteiger charge is -2.30. The molecule has 0 fully saturated rings. The molecule has 0 N–H and O–H groups in total. The Morgan fingerprint density at radius 2 is 0.444 bits per heavy atom. The molecule has 7 rings (SSSR count). The second kappa shape index (κ2) is 35.3. The van der Waals surface area contributed by atoms with Crippen molar-refractivity contribution in [1.82, 2.24) is 34.9 Å². The summed E-state index contributed by atoms with van der Waals surface area (Å²) in [7, 11) is 0. The smallest absolute Gasteiger partial charge is 0.144 e. The first kappa shape index (κ1) is 62.1. The van der Waals surface area contributed by atoms with Gasteiger partial charge in [0.25, 0.3) is 0 Å². The Morgan fingerprint density at radius 3 is 0.630 bits per heavy atom. The Hall–Kier alpha value is -6.55. The van der Waals surface area contributed by atoms with Crippen molar-refractivity contribution < 1.29 is 0 Å². The van der Waals surface area contributed by atoms with Gasteiger partial charge in [-0.25, -0.2) is 34.9 Å². The third-order valence-corrected chi connectivity index (χ3v) is 15.6. The predicted octanol–water partition coefficient (Wildman–Crippen LogP) is 20.6. The van der Waals surface area contributed by atoms with Crippen molar-refractivity contribution >= 4 is 52.2 Å². The van der Waals surface area contributed by atoms with Gasteiger partial charge >= 0.3 is 0 Å². The number of anilines is 9. The number of hydrogen-bond acceptors (Lipinski definition) is 10. The molecule has 0 aromatic carbocycles. The maximum absolute atomic E-state index is 5.73. The molecular weight excluding hydrogens is 993 g/mol. The van der Waals surface area contributed by atoms with E-state index in [-0.39, 0.29) is 0 Å². The van der Waals surface area contributed by atoms with Crippen LogP contribution >= 0.6 is 0 Å². The minimum atomic E-state index is 0.643. The molecule has 0 radical (unpaired) electrons. The Bertz CT molecular complexity index is 2290. The fraction of sp³-hybridized carbons (Fsp3) is 0.507. The zero-order valence-electron chi connectivity index (χ0n) is 50.7. The first-order valence-corrected chi connectivity index (χ1v) is 32.1. The van der Waals surface area contributed by atoms with Gasteiger partial charge in [0.15, 0.2) is 0 Å². The average Bonchev–Trinajstić information content (AvgIpc) is 3.65. The van der Waals surface area contributed by atoms with Crippen LogP contribution in [0, 0.1) is 0 Å². The fourth-order valence-corrected chi connectivity index (χ4v) is 10.6. The van der Waals surface area contributed by atoms with Crippen LogP contribution in [0.2, 0.25) is 0 Å². The number of aromatic nitrogens is 7. The van der Waals surface area contributed by atoms with Crippen molar-refractivity contribution in [2.75, 3.05) is 14.7 Å². The summed E-state index contributed by atoms with van der Waals surface area (Å²) in [6, 6.07) is 30.6. The zero-order chi connectivity index (χ0) is 56.7. The topological polar surface area (TPSA) is 100.0 Å². The zero-order valence-corrected chi connectivity index (χ0v) is 50.7. The second-order valence-electron chi connectivity index (χ2n) is 22.6. The Kier molecular flexibility index (Phi) is 27.1. The molecule has 432 valence electrons. The van der Waals surface area contributed by atoms with Crippen LogP contribution in [0.3, 0.4) is 0 Å². The van der Waals surface area contributed by atoms with Crippen molar-refractivity contribution in [2.45, 2.75) is 234 Å². The Morgan fingerprint density at radius 1 is 0.235 bits per heavy atom. The van der Waals surface area contributed by atoms with E-state index in [0.29, 0.717) is 11.6 Å². The van der Waals surface area contributed by atoms with Gasteiger partial charge in [-0.05, 0) is 147 Å². The molecule has 0 aliphatic heterocycles. The molecule has 0 unspecified atom stereocenters. The molecule has 7 aromatic heterocycles. The van der Waals surface area contributed by atoms with Crippen molar-refractivity contribution in [2.24, 2.45) is 0 Å². The van der Waals surface area contributed by atoms with E-state index in [1.54, 1.807) is 0 Å². The number of nitrogens with zero attached hydrogens (tertiary/aromatic N) is 10. The summed E-state index contributed by atoms with van der Waals surface area (Å²) < 4.78 is 0. The minimum Gasteiger partial charge on any atom is -0.279 e. The number of hydrogen-bond donors (Lipinski definition) is 0. The summed E-state index contributed by atoms with van der Waals surface area (Å²) in [4.78, 5) is 43.7. The summed E-state index contributed by atoms with van der Waals surface area (Å²) >= 11 is 0. The molecule has 0 bridgehead atoms. The molecule has 0 aliphatic rings. The first-order valence-electron chi connectivity index (χ1n) is 32.1. The monoisotopic (exact) mass is 1090 g/mol. The molecule has 10 nitrogen and oxygen atoms in total. The summed E-state index contributed by atoms with van der Waals surface area (Å²) in [5.41, 5.74) is 8.20. The van der Waals surface area contributed by atoms with Gasteiger partial charge in [-0.15, -0.1) is 0 Å². The lowest BCUT2D eigenvalue weighted by molar-refractivity contribution is 0.666. The largest absolute Gasteiger partial charge is 0.279 e. The van der Waals surface area contributed by atoms with Crippen molar-refractivity contribution in [3.8, 4) is 0 Å². The van der Waals surface area contributed by atoms with Gasteiger partial charge in [-0.2, -0.15) is 0 Å². The molecule has 0 amide bonds. The molecule has 10 heteroatoms. The van der Waals surface area contributed by atoms with Gasteiger partial charge in [0.1, 0.15) is 46.5 Å². The van der Waals surface area contributed by atoms with Gasteiger partial charge in [0.05, 0.1) is 5.69 Å². The summed E-state index contributed by atoms with van der Waals surface area (Å²) in [6.07, 6.45) is 47.1. The van der Waals surface area contributed by atoms with Crippen LogP contribution in [0.5, 0.6) is 0 Å². The third kappa shape index (κ3) is 19.8. The molecular formula is C71H98N10. The van der Waals surface area contributed by atoms with E-state index in [1.165, 1.54) is 149 Å². The number of pyridine rings is 7. The van der Waals surface area contributed by atoms with Crippen LogP contribution in [0.4, 0.5) is 52.2 Å². The highest BCUT2D eigenvalue weighted by Gasteiger charge is 2.26. The van der Waals surface area contributed by atoms with Crippen molar-refractivity contribution in [3.63, 3.8) is 0 Å². The molecule has 0 aliphatic carbocycles. The maximum Gasteiger partial charge on any atom is 0.144 e. The predicted molar refractivity (Wildman–Crippen MR) is 342 cm³/mol. The second-order valence-corrected chi connectivity index (χ2v) is 22.6. The lowest BCUT2D eigenvalue weighted by atomic mass is 10.1. The first-order chi connectivity index (χ1) is 39.9. The molecule has 0 saturated heterocycles. The van der Waals surface area contributed by atoms with Crippen LogP contribution in [0.25, 0.3) is 0 Å². The molecule has 81 heavy (non-hydrogen) atoms. The van der Waals surface area contributed by atoms with E-state index in [4.69, 9.17) is 34.9 Å². The van der Waals surface area contributed by atoms with Crippen LogP contribution in [-0.4, -0.2) is 34.9 Å². The minimum absolute atomic E-state index is 0.643. The molecule has 0 saturated carbocycles. The number of rotatable bonds is 39. The van der Waals surface area contributed by atoms with Crippen LogP contribution in [0.1, 0.15) is 229 Å². The summed E-state index contributed by atoms with van der Waals surface area (Å²) in [6.45, 7) is 13.6. The standard InChI is InChI=1S/C71H98N10/c1-7-13-19-25-31-57-37-43-64(72-51-57)79(65-44-38-58(52-73-65)32-26-20-14-8-2)63-49-70(80(66-45-39-59(53-74-66)33-27-21-15-9-3)67-46-40-60(54-75-67)34-28-22-16-10-4)78-71(50-63)81(68-47-41-61(55-76-68)35-29-23-17-11-5)69-48-42-62(56-77-69)36-30-24-18-12-6/h37-56H,7-36H2,1-6H3. The number of unbranched alkanes of at least 4 members (excludes halogenated alkanes) is 18. The average molecular weight is 1090 g/mol. The highest BCUT2D eigenvalue weighted by Crippen LogP contribution is 2.42. The van der Waals surface area contributed by atoms with Crippen LogP contribution in [0.15, 0.2) is 122 Å². The highest BCUT2D eigenvalue weighted by atomic mass is 15.3. The van der Waals surface area contributed by atoms with Gasteiger partial charge in [-0.3, -0.25) is 14.7 Å². The quantitative estimate of drug-likeness (QED) is 0.0346. The highest BCUT2D eigenvalue weighted by molar-refractivity contribution is 5.83. The summed E-state index contributed by atoms with van der Waals surface area (Å²) in [5, 5.41) is 0. The molecule has 7 heterocycles.